The number of carbonyl (C=O) groups excluding carboxylic acids is 2. The van der Waals surface area contributed by atoms with Gasteiger partial charge in [-0.25, -0.2) is 4.79 Å². The summed E-state index contributed by atoms with van der Waals surface area (Å²) < 4.78 is 13.8. The van der Waals surface area contributed by atoms with Gasteiger partial charge in [-0.05, 0) is 37.0 Å². The number of aromatic nitrogens is 2. The Bertz CT molecular complexity index is 939. The molecule has 10 heteroatoms. The van der Waals surface area contributed by atoms with Crippen molar-refractivity contribution in [2.45, 2.75) is 31.7 Å². The van der Waals surface area contributed by atoms with E-state index in [1.54, 1.807) is 11.6 Å². The second kappa shape index (κ2) is 11.3. The van der Waals surface area contributed by atoms with Crippen LogP contribution in [0.5, 0.6) is 0 Å². The predicted molar refractivity (Wildman–Crippen MR) is 115 cm³/mol. The van der Waals surface area contributed by atoms with Crippen molar-refractivity contribution in [2.75, 3.05) is 33.0 Å². The predicted octanol–water partition coefficient (Wildman–Crippen LogP) is 0.664. The van der Waals surface area contributed by atoms with Crippen molar-refractivity contribution in [3.05, 3.63) is 34.2 Å². The topological polar surface area (TPSA) is 118 Å². The van der Waals surface area contributed by atoms with E-state index < -0.39 is 11.9 Å². The molecule has 2 aromatic rings. The Hall–Kier alpha value is -2.20. The SMILES string of the molecule is Cl.Cn1c(=O)n(C2CCC(=O)NC2=O)c2ccc(CCCOCCOCCN)cc21. The van der Waals surface area contributed by atoms with Crippen LogP contribution in [-0.2, 0) is 32.5 Å². The monoisotopic (exact) mass is 440 g/mol. The third-order valence-electron chi connectivity index (χ3n) is 5.06. The fourth-order valence-corrected chi connectivity index (χ4v) is 3.58. The fourth-order valence-electron chi connectivity index (χ4n) is 3.58. The van der Waals surface area contributed by atoms with Crippen LogP contribution in [0.15, 0.2) is 23.0 Å². The molecular formula is C20H29ClN4O5. The number of imidazole rings is 1. The highest BCUT2D eigenvalue weighted by Gasteiger charge is 2.31. The number of ether oxygens (including phenoxy) is 2. The number of nitrogens with two attached hydrogens (primary N) is 1. The van der Waals surface area contributed by atoms with Crippen LogP contribution in [0.3, 0.4) is 0 Å². The second-order valence-electron chi connectivity index (χ2n) is 7.12. The zero-order valence-electron chi connectivity index (χ0n) is 17.1. The quantitative estimate of drug-likeness (QED) is 0.414. The molecule has 30 heavy (non-hydrogen) atoms. The smallest absolute Gasteiger partial charge is 0.329 e. The summed E-state index contributed by atoms with van der Waals surface area (Å²) in [5, 5.41) is 2.32. The number of hydrogen-bond acceptors (Lipinski definition) is 6. The van der Waals surface area contributed by atoms with E-state index in [2.05, 4.69) is 5.32 Å². The molecule has 1 atom stereocenters. The van der Waals surface area contributed by atoms with E-state index in [0.717, 1.165) is 23.9 Å². The molecule has 2 heterocycles. The Balaban J connectivity index is 0.00000320. The minimum absolute atomic E-state index is 0. The highest BCUT2D eigenvalue weighted by Crippen LogP contribution is 2.24. The lowest BCUT2D eigenvalue weighted by atomic mass is 10.1. The van der Waals surface area contributed by atoms with E-state index in [1.165, 1.54) is 4.57 Å². The van der Waals surface area contributed by atoms with Crippen molar-refractivity contribution < 1.29 is 19.1 Å². The van der Waals surface area contributed by atoms with Gasteiger partial charge < -0.3 is 15.2 Å². The minimum Gasteiger partial charge on any atom is -0.379 e. The van der Waals surface area contributed by atoms with Gasteiger partial charge in [-0.3, -0.25) is 24.0 Å². The summed E-state index contributed by atoms with van der Waals surface area (Å²) >= 11 is 0. The van der Waals surface area contributed by atoms with Crippen molar-refractivity contribution >= 4 is 35.3 Å². The molecule has 9 nitrogen and oxygen atoms in total. The number of rotatable bonds is 10. The first-order valence-electron chi connectivity index (χ1n) is 9.92. The van der Waals surface area contributed by atoms with Gasteiger partial charge in [-0.15, -0.1) is 12.4 Å². The van der Waals surface area contributed by atoms with Gasteiger partial charge in [0, 0.05) is 26.6 Å². The van der Waals surface area contributed by atoms with E-state index in [9.17, 15) is 14.4 Å². The van der Waals surface area contributed by atoms with Crippen LogP contribution in [0.4, 0.5) is 0 Å². The molecule has 0 spiro atoms. The fraction of sp³-hybridized carbons (Fsp3) is 0.550. The lowest BCUT2D eigenvalue weighted by molar-refractivity contribution is -0.135. The number of amides is 2. The molecule has 1 unspecified atom stereocenters. The molecule has 1 aromatic carbocycles. The van der Waals surface area contributed by atoms with Gasteiger partial charge >= 0.3 is 5.69 Å². The van der Waals surface area contributed by atoms with Crippen LogP contribution in [-0.4, -0.2) is 53.9 Å². The van der Waals surface area contributed by atoms with Crippen molar-refractivity contribution in [1.29, 1.82) is 0 Å². The molecule has 0 radical (unpaired) electrons. The van der Waals surface area contributed by atoms with Gasteiger partial charge in [-0.1, -0.05) is 6.07 Å². The zero-order valence-corrected chi connectivity index (χ0v) is 17.9. The number of halogens is 1. The molecule has 0 aliphatic carbocycles. The molecule has 166 valence electrons. The Morgan fingerprint density at radius 3 is 2.53 bits per heavy atom. The van der Waals surface area contributed by atoms with Crippen molar-refractivity contribution in [2.24, 2.45) is 12.8 Å². The standard InChI is InChI=1S/C20H28N4O5.ClH/c1-23-17-13-14(3-2-9-28-11-12-29-10-8-21)4-5-15(17)24(20(23)27)16-6-7-18(25)22-19(16)26;/h4-5,13,16H,2-3,6-12,21H2,1H3,(H,22,25,26);1H. The summed E-state index contributed by atoms with van der Waals surface area (Å²) in [6.45, 7) is 2.76. The van der Waals surface area contributed by atoms with Gasteiger partial charge in [0.25, 0.3) is 0 Å². The maximum atomic E-state index is 12.8. The van der Waals surface area contributed by atoms with E-state index in [-0.39, 0.29) is 30.4 Å². The lowest BCUT2D eigenvalue weighted by Gasteiger charge is -2.21. The summed E-state index contributed by atoms with van der Waals surface area (Å²) in [5.41, 5.74) is 7.66. The highest BCUT2D eigenvalue weighted by molar-refractivity contribution is 6.00. The Morgan fingerprint density at radius 1 is 1.10 bits per heavy atom. The summed E-state index contributed by atoms with van der Waals surface area (Å²) in [7, 11) is 1.70. The van der Waals surface area contributed by atoms with Crippen LogP contribution in [0, 0.1) is 0 Å². The van der Waals surface area contributed by atoms with Gasteiger partial charge in [-0.2, -0.15) is 0 Å². The van der Waals surface area contributed by atoms with Gasteiger partial charge in [0.15, 0.2) is 0 Å². The molecule has 0 saturated carbocycles. The molecule has 3 N–H and O–H groups in total. The molecular weight excluding hydrogens is 412 g/mol. The molecule has 1 aromatic heterocycles. The van der Waals surface area contributed by atoms with Gasteiger partial charge in [0.2, 0.25) is 11.8 Å². The number of hydrogen-bond donors (Lipinski definition) is 2. The Kier molecular flexibility index (Phi) is 9.04. The molecule has 2 amide bonds. The average molecular weight is 441 g/mol. The first-order valence-corrected chi connectivity index (χ1v) is 9.92. The largest absolute Gasteiger partial charge is 0.379 e. The van der Waals surface area contributed by atoms with Crippen LogP contribution >= 0.6 is 12.4 Å². The van der Waals surface area contributed by atoms with Crippen LogP contribution in [0.2, 0.25) is 0 Å². The number of aryl methyl sites for hydroxylation is 2. The summed E-state index contributed by atoms with van der Waals surface area (Å²) in [6.07, 6.45) is 2.23. The van der Waals surface area contributed by atoms with Crippen molar-refractivity contribution in [1.82, 2.24) is 14.5 Å². The van der Waals surface area contributed by atoms with E-state index in [4.69, 9.17) is 15.2 Å². The number of benzene rings is 1. The number of carbonyl (C=O) groups is 2. The maximum absolute atomic E-state index is 12.8. The first-order chi connectivity index (χ1) is 14.0. The third-order valence-corrected chi connectivity index (χ3v) is 5.06. The summed E-state index contributed by atoms with van der Waals surface area (Å²) in [4.78, 5) is 36.4. The average Bonchev–Trinajstić information content (AvgIpc) is 2.95. The molecule has 1 fully saturated rings. The minimum atomic E-state index is -0.662. The molecule has 1 saturated heterocycles. The summed E-state index contributed by atoms with van der Waals surface area (Å²) in [6, 6.07) is 5.15. The molecule has 3 rings (SSSR count). The Labute approximate surface area is 180 Å². The van der Waals surface area contributed by atoms with Crippen molar-refractivity contribution in [3.8, 4) is 0 Å². The van der Waals surface area contributed by atoms with E-state index in [0.29, 0.717) is 44.9 Å². The van der Waals surface area contributed by atoms with E-state index in [1.807, 2.05) is 18.2 Å². The molecule has 0 bridgehead atoms. The number of piperidine rings is 1. The number of nitrogens with zero attached hydrogens (tertiary/aromatic N) is 2. The molecule has 1 aliphatic rings. The lowest BCUT2D eigenvalue weighted by Crippen LogP contribution is -2.44. The maximum Gasteiger partial charge on any atom is 0.329 e. The second-order valence-corrected chi connectivity index (χ2v) is 7.12. The van der Waals surface area contributed by atoms with E-state index >= 15 is 0 Å². The normalized spacial score (nSPS) is 16.5. The zero-order chi connectivity index (χ0) is 20.8. The first kappa shape index (κ1) is 24.1. The number of fused-ring (bicyclic) bond motifs is 1. The van der Waals surface area contributed by atoms with Crippen molar-refractivity contribution in [3.63, 3.8) is 0 Å². The van der Waals surface area contributed by atoms with Gasteiger partial charge in [0.05, 0.1) is 30.9 Å². The summed E-state index contributed by atoms with van der Waals surface area (Å²) in [5.74, 6) is -0.720. The third kappa shape index (κ3) is 5.48. The highest BCUT2D eigenvalue weighted by atomic mass is 35.5. The number of imide groups is 1. The number of nitrogens with one attached hydrogen (secondary N) is 1. The van der Waals surface area contributed by atoms with Crippen LogP contribution < -0.4 is 16.7 Å². The Morgan fingerprint density at radius 2 is 1.83 bits per heavy atom. The van der Waals surface area contributed by atoms with Gasteiger partial charge in [0.1, 0.15) is 6.04 Å². The van der Waals surface area contributed by atoms with Crippen LogP contribution in [0.1, 0.15) is 30.9 Å². The van der Waals surface area contributed by atoms with Crippen LogP contribution in [0.25, 0.3) is 11.0 Å². The molecule has 1 aliphatic heterocycles.